The van der Waals surface area contributed by atoms with Crippen molar-refractivity contribution < 1.29 is 19.1 Å². The summed E-state index contributed by atoms with van der Waals surface area (Å²) in [7, 11) is 0. The Kier molecular flexibility index (Phi) is 6.52. The van der Waals surface area contributed by atoms with Gasteiger partial charge in [0.25, 0.3) is 5.91 Å². The number of carbonyl (C=O) groups excluding carboxylic acids is 2. The lowest BCUT2D eigenvalue weighted by Crippen LogP contribution is -2.36. The molecule has 7 nitrogen and oxygen atoms in total. The number of nitrogens with one attached hydrogen (secondary N) is 3. The summed E-state index contributed by atoms with van der Waals surface area (Å²) in [6, 6.07) is 16.8. The van der Waals surface area contributed by atoms with Gasteiger partial charge < -0.3 is 25.5 Å². The standard InChI is InChI=1S/C22H23N3O4/c1-15(4-5-16-6-12-19(26)13-7-16)23-22(28)25-18-10-8-17(9-11-18)24-21(27)20-3-2-14-29-20/h2-3,6-15,26H,4-5H2,1H3,(H,24,27)(H2,23,25,28). The Bertz CT molecular complexity index is 935. The lowest BCUT2D eigenvalue weighted by Gasteiger charge is -2.15. The molecular formula is C22H23N3O4. The van der Waals surface area contributed by atoms with E-state index in [1.807, 2.05) is 19.1 Å². The molecule has 0 saturated heterocycles. The van der Waals surface area contributed by atoms with E-state index in [-0.39, 0.29) is 29.5 Å². The van der Waals surface area contributed by atoms with Gasteiger partial charge in [0.2, 0.25) is 0 Å². The first kappa shape index (κ1) is 20.0. The molecular weight excluding hydrogens is 370 g/mol. The van der Waals surface area contributed by atoms with Gasteiger partial charge in [-0.05, 0) is 73.9 Å². The van der Waals surface area contributed by atoms with Gasteiger partial charge in [0.15, 0.2) is 5.76 Å². The van der Waals surface area contributed by atoms with Gasteiger partial charge in [0, 0.05) is 17.4 Å². The minimum Gasteiger partial charge on any atom is -0.508 e. The Labute approximate surface area is 168 Å². The van der Waals surface area contributed by atoms with Crippen LogP contribution >= 0.6 is 0 Å². The Balaban J connectivity index is 1.43. The van der Waals surface area contributed by atoms with Crippen molar-refractivity contribution in [1.29, 1.82) is 0 Å². The lowest BCUT2D eigenvalue weighted by molar-refractivity contribution is 0.0996. The number of benzene rings is 2. The zero-order chi connectivity index (χ0) is 20.6. The van der Waals surface area contributed by atoms with Gasteiger partial charge in [0.05, 0.1) is 6.26 Å². The number of hydrogen-bond acceptors (Lipinski definition) is 4. The number of rotatable bonds is 7. The first-order valence-corrected chi connectivity index (χ1v) is 9.30. The summed E-state index contributed by atoms with van der Waals surface area (Å²) in [6.07, 6.45) is 3.01. The van der Waals surface area contributed by atoms with Crippen molar-refractivity contribution in [2.24, 2.45) is 0 Å². The third-order valence-corrected chi connectivity index (χ3v) is 4.33. The van der Waals surface area contributed by atoms with Crippen LogP contribution in [0, 0.1) is 0 Å². The second kappa shape index (κ2) is 9.45. The van der Waals surface area contributed by atoms with Crippen LogP contribution in [0.3, 0.4) is 0 Å². The molecule has 1 atom stereocenters. The highest BCUT2D eigenvalue weighted by molar-refractivity contribution is 6.02. The topological polar surface area (TPSA) is 104 Å². The van der Waals surface area contributed by atoms with Crippen molar-refractivity contribution in [2.75, 3.05) is 10.6 Å². The molecule has 0 aliphatic carbocycles. The quantitative estimate of drug-likeness (QED) is 0.478. The second-order valence-corrected chi connectivity index (χ2v) is 6.71. The van der Waals surface area contributed by atoms with Gasteiger partial charge in [-0.3, -0.25) is 4.79 Å². The molecule has 0 aliphatic rings. The third kappa shape index (κ3) is 6.14. The molecule has 2 aromatic carbocycles. The molecule has 1 aromatic heterocycles. The number of phenolic OH excluding ortho intramolecular Hbond substituents is 1. The Morgan fingerprint density at radius 2 is 1.62 bits per heavy atom. The summed E-state index contributed by atoms with van der Waals surface area (Å²) >= 11 is 0. The van der Waals surface area contributed by atoms with E-state index in [0.717, 1.165) is 18.4 Å². The van der Waals surface area contributed by atoms with Gasteiger partial charge >= 0.3 is 6.03 Å². The molecule has 4 N–H and O–H groups in total. The molecule has 0 saturated carbocycles. The summed E-state index contributed by atoms with van der Waals surface area (Å²) in [4.78, 5) is 24.1. The Morgan fingerprint density at radius 1 is 0.966 bits per heavy atom. The second-order valence-electron chi connectivity index (χ2n) is 6.71. The van der Waals surface area contributed by atoms with E-state index in [4.69, 9.17) is 4.42 Å². The van der Waals surface area contributed by atoms with Gasteiger partial charge in [0.1, 0.15) is 5.75 Å². The predicted octanol–water partition coefficient (Wildman–Crippen LogP) is 4.38. The molecule has 0 radical (unpaired) electrons. The number of aryl methyl sites for hydroxylation is 1. The van der Waals surface area contributed by atoms with Gasteiger partial charge in [-0.2, -0.15) is 0 Å². The first-order chi connectivity index (χ1) is 14.0. The lowest BCUT2D eigenvalue weighted by atomic mass is 10.1. The number of furan rings is 1. The molecule has 1 unspecified atom stereocenters. The summed E-state index contributed by atoms with van der Waals surface area (Å²) in [5, 5.41) is 17.7. The summed E-state index contributed by atoms with van der Waals surface area (Å²) in [5.41, 5.74) is 2.31. The smallest absolute Gasteiger partial charge is 0.319 e. The van der Waals surface area contributed by atoms with E-state index in [9.17, 15) is 14.7 Å². The number of anilines is 2. The molecule has 3 rings (SSSR count). The van der Waals surface area contributed by atoms with Crippen LogP contribution in [0.25, 0.3) is 0 Å². The van der Waals surface area contributed by atoms with Gasteiger partial charge in [-0.25, -0.2) is 4.79 Å². The van der Waals surface area contributed by atoms with Gasteiger partial charge in [-0.15, -0.1) is 0 Å². The van der Waals surface area contributed by atoms with E-state index in [2.05, 4.69) is 16.0 Å². The molecule has 0 bridgehead atoms. The molecule has 3 amide bonds. The number of carbonyl (C=O) groups is 2. The number of amides is 3. The zero-order valence-corrected chi connectivity index (χ0v) is 16.0. The highest BCUT2D eigenvalue weighted by Gasteiger charge is 2.10. The van der Waals surface area contributed by atoms with Crippen molar-refractivity contribution in [3.63, 3.8) is 0 Å². The normalized spacial score (nSPS) is 11.5. The molecule has 0 spiro atoms. The molecule has 150 valence electrons. The maximum atomic E-state index is 12.2. The van der Waals surface area contributed by atoms with Crippen molar-refractivity contribution in [2.45, 2.75) is 25.8 Å². The van der Waals surface area contributed by atoms with E-state index in [0.29, 0.717) is 11.4 Å². The maximum absolute atomic E-state index is 12.2. The Morgan fingerprint density at radius 3 is 2.24 bits per heavy atom. The fourth-order valence-electron chi connectivity index (χ4n) is 2.75. The molecule has 7 heteroatoms. The summed E-state index contributed by atoms with van der Waals surface area (Å²) in [5.74, 6) is 0.134. The van der Waals surface area contributed by atoms with Crippen LogP contribution in [0.15, 0.2) is 71.3 Å². The van der Waals surface area contributed by atoms with Crippen LogP contribution in [0.1, 0.15) is 29.5 Å². The highest BCUT2D eigenvalue weighted by Crippen LogP contribution is 2.15. The van der Waals surface area contributed by atoms with Crippen molar-refractivity contribution in [3.8, 4) is 5.75 Å². The SMILES string of the molecule is CC(CCc1ccc(O)cc1)NC(=O)Nc1ccc(NC(=O)c2ccco2)cc1. The highest BCUT2D eigenvalue weighted by atomic mass is 16.3. The first-order valence-electron chi connectivity index (χ1n) is 9.30. The largest absolute Gasteiger partial charge is 0.508 e. The third-order valence-electron chi connectivity index (χ3n) is 4.33. The summed E-state index contributed by atoms with van der Waals surface area (Å²) in [6.45, 7) is 1.94. The number of hydrogen-bond donors (Lipinski definition) is 4. The molecule has 1 heterocycles. The fraction of sp³-hybridized carbons (Fsp3) is 0.182. The van der Waals surface area contributed by atoms with E-state index in [1.54, 1.807) is 48.5 Å². The van der Waals surface area contributed by atoms with Crippen LogP contribution in [0.2, 0.25) is 0 Å². The van der Waals surface area contributed by atoms with E-state index in [1.165, 1.54) is 6.26 Å². The maximum Gasteiger partial charge on any atom is 0.319 e. The van der Waals surface area contributed by atoms with Crippen molar-refractivity contribution in [3.05, 3.63) is 78.3 Å². The predicted molar refractivity (Wildman–Crippen MR) is 111 cm³/mol. The van der Waals surface area contributed by atoms with Crippen molar-refractivity contribution >= 4 is 23.3 Å². The fourth-order valence-corrected chi connectivity index (χ4v) is 2.75. The minimum absolute atomic E-state index is 0.0179. The average Bonchev–Trinajstić information content (AvgIpc) is 3.24. The summed E-state index contributed by atoms with van der Waals surface area (Å²) < 4.78 is 5.05. The zero-order valence-electron chi connectivity index (χ0n) is 16.0. The van der Waals surface area contributed by atoms with Crippen LogP contribution in [-0.4, -0.2) is 23.1 Å². The number of aromatic hydroxyl groups is 1. The van der Waals surface area contributed by atoms with Crippen LogP contribution in [0.4, 0.5) is 16.2 Å². The van der Waals surface area contributed by atoms with Crippen LogP contribution in [0.5, 0.6) is 5.75 Å². The van der Waals surface area contributed by atoms with E-state index >= 15 is 0 Å². The van der Waals surface area contributed by atoms with Crippen molar-refractivity contribution in [1.82, 2.24) is 5.32 Å². The Hall–Kier alpha value is -3.74. The van der Waals surface area contributed by atoms with Gasteiger partial charge in [-0.1, -0.05) is 12.1 Å². The number of phenols is 1. The molecule has 0 fully saturated rings. The van der Waals surface area contributed by atoms with E-state index < -0.39 is 0 Å². The number of urea groups is 1. The van der Waals surface area contributed by atoms with Crippen LogP contribution in [-0.2, 0) is 6.42 Å². The van der Waals surface area contributed by atoms with Crippen LogP contribution < -0.4 is 16.0 Å². The minimum atomic E-state index is -0.337. The monoisotopic (exact) mass is 393 g/mol. The molecule has 3 aromatic rings. The molecule has 0 aliphatic heterocycles. The average molecular weight is 393 g/mol. The molecule has 29 heavy (non-hydrogen) atoms.